The summed E-state index contributed by atoms with van der Waals surface area (Å²) in [7, 11) is 0. The molecule has 3 aromatic rings. The van der Waals surface area contributed by atoms with Crippen LogP contribution < -0.4 is 4.90 Å². The zero-order valence-electron chi connectivity index (χ0n) is 17.0. The molecular weight excluding hydrogens is 402 g/mol. The quantitative estimate of drug-likeness (QED) is 0.480. The van der Waals surface area contributed by atoms with Crippen LogP contribution in [-0.4, -0.2) is 34.9 Å². The molecule has 0 radical (unpaired) electrons. The number of imide groups is 1. The van der Waals surface area contributed by atoms with Gasteiger partial charge in [0.2, 0.25) is 11.8 Å². The lowest BCUT2D eigenvalue weighted by molar-refractivity contribution is -0.124. The number of rotatable bonds is 3. The van der Waals surface area contributed by atoms with Crippen LogP contribution in [0.3, 0.4) is 0 Å². The first-order chi connectivity index (χ1) is 15.7. The number of hydrazone groups is 1. The zero-order chi connectivity index (χ0) is 21.8. The Bertz CT molecular complexity index is 1270. The van der Waals surface area contributed by atoms with Gasteiger partial charge in [0.25, 0.3) is 0 Å². The number of Topliss-reactive ketones (excluding diaryl/α,β-unsaturated/α-hetero) is 1. The minimum atomic E-state index is -0.845. The number of para-hydroxylation sites is 1. The highest BCUT2D eigenvalue weighted by Crippen LogP contribution is 2.53. The Hall–Kier alpha value is -4.06. The van der Waals surface area contributed by atoms with E-state index in [1.165, 1.54) is 4.90 Å². The van der Waals surface area contributed by atoms with Crippen molar-refractivity contribution in [3.63, 3.8) is 0 Å². The van der Waals surface area contributed by atoms with Gasteiger partial charge < -0.3 is 0 Å². The van der Waals surface area contributed by atoms with E-state index < -0.39 is 23.9 Å². The molecule has 0 bridgehead atoms. The van der Waals surface area contributed by atoms with Crippen molar-refractivity contribution in [3.8, 4) is 0 Å². The molecule has 0 saturated carbocycles. The van der Waals surface area contributed by atoms with Crippen molar-refractivity contribution >= 4 is 29.5 Å². The fourth-order valence-corrected chi connectivity index (χ4v) is 5.27. The summed E-state index contributed by atoms with van der Waals surface area (Å²) in [5.41, 5.74) is 2.85. The van der Waals surface area contributed by atoms with Crippen LogP contribution in [0.1, 0.15) is 27.5 Å². The molecule has 0 N–H and O–H groups in total. The molecular formula is C26H19N3O3. The third-order valence-electron chi connectivity index (χ3n) is 6.63. The number of anilines is 1. The number of nitrogens with zero attached hydrogens (tertiary/aromatic N) is 3. The van der Waals surface area contributed by atoms with E-state index in [-0.39, 0.29) is 17.6 Å². The van der Waals surface area contributed by atoms with Gasteiger partial charge >= 0.3 is 0 Å². The van der Waals surface area contributed by atoms with Crippen molar-refractivity contribution in [2.45, 2.75) is 12.1 Å². The standard InChI is InChI=1S/C26H19N3O3/c30-24(16-9-3-1-4-10-16)23-21-20(22-19-14-8-7-11-17(19)15-27-29(22)23)25(31)28(26(21)32)18-12-5-2-6-13-18/h1-15,20-23H/t20-,21+,22-,23-/m0/s1. The van der Waals surface area contributed by atoms with Crippen LogP contribution in [0.4, 0.5) is 5.69 Å². The maximum atomic E-state index is 13.7. The lowest BCUT2D eigenvalue weighted by Crippen LogP contribution is -2.44. The average Bonchev–Trinajstić information content (AvgIpc) is 3.32. The second kappa shape index (κ2) is 6.99. The number of hydrogen-bond donors (Lipinski definition) is 0. The number of ketones is 1. The first kappa shape index (κ1) is 18.7. The zero-order valence-corrected chi connectivity index (χ0v) is 17.0. The predicted molar refractivity (Wildman–Crippen MR) is 119 cm³/mol. The molecule has 2 saturated heterocycles. The van der Waals surface area contributed by atoms with Crippen molar-refractivity contribution in [1.82, 2.24) is 5.01 Å². The Morgan fingerprint density at radius 1 is 0.750 bits per heavy atom. The Kier molecular flexibility index (Phi) is 4.08. The SMILES string of the molecule is O=C(c1ccccc1)[C@@H]1[C@@H]2C(=O)N(c3ccccc3)C(=O)[C@@H]2[C@@H]2c3ccccc3C=NN12. The highest BCUT2D eigenvalue weighted by atomic mass is 16.2. The minimum absolute atomic E-state index is 0.198. The molecule has 3 aliphatic rings. The molecule has 2 amide bonds. The summed E-state index contributed by atoms with van der Waals surface area (Å²) >= 11 is 0. The molecule has 6 rings (SSSR count). The molecule has 0 spiro atoms. The van der Waals surface area contributed by atoms with Crippen LogP contribution in [0.2, 0.25) is 0 Å². The third kappa shape index (κ3) is 2.52. The summed E-state index contributed by atoms with van der Waals surface area (Å²) < 4.78 is 0. The van der Waals surface area contributed by atoms with E-state index in [4.69, 9.17) is 0 Å². The van der Waals surface area contributed by atoms with Gasteiger partial charge in [0.1, 0.15) is 6.04 Å². The second-order valence-corrected chi connectivity index (χ2v) is 8.27. The van der Waals surface area contributed by atoms with Gasteiger partial charge in [0.05, 0.1) is 29.8 Å². The van der Waals surface area contributed by atoms with Crippen molar-refractivity contribution < 1.29 is 14.4 Å². The fourth-order valence-electron chi connectivity index (χ4n) is 5.27. The minimum Gasteiger partial charge on any atom is -0.292 e. The van der Waals surface area contributed by atoms with E-state index in [0.717, 1.165) is 11.1 Å². The molecule has 3 heterocycles. The molecule has 0 unspecified atom stereocenters. The molecule has 6 heteroatoms. The van der Waals surface area contributed by atoms with Crippen LogP contribution >= 0.6 is 0 Å². The van der Waals surface area contributed by atoms with Crippen molar-refractivity contribution in [1.29, 1.82) is 0 Å². The average molecular weight is 421 g/mol. The Labute approximate surface area is 184 Å². The van der Waals surface area contributed by atoms with Crippen molar-refractivity contribution in [2.75, 3.05) is 4.90 Å². The van der Waals surface area contributed by atoms with Crippen LogP contribution in [-0.2, 0) is 9.59 Å². The van der Waals surface area contributed by atoms with Gasteiger partial charge in [-0.2, -0.15) is 5.10 Å². The molecule has 0 aliphatic carbocycles. The fraction of sp³-hybridized carbons (Fsp3) is 0.154. The molecule has 3 aliphatic heterocycles. The van der Waals surface area contributed by atoms with Crippen LogP contribution in [0.25, 0.3) is 0 Å². The summed E-state index contributed by atoms with van der Waals surface area (Å²) in [5, 5.41) is 6.26. The maximum absolute atomic E-state index is 13.7. The number of fused-ring (bicyclic) bond motifs is 5. The van der Waals surface area contributed by atoms with Crippen LogP contribution in [0, 0.1) is 11.8 Å². The molecule has 6 nitrogen and oxygen atoms in total. The van der Waals surface area contributed by atoms with E-state index in [9.17, 15) is 14.4 Å². The van der Waals surface area contributed by atoms with Crippen LogP contribution in [0.15, 0.2) is 90.0 Å². The smallest absolute Gasteiger partial charge is 0.240 e. The molecule has 3 aromatic carbocycles. The van der Waals surface area contributed by atoms with E-state index in [2.05, 4.69) is 5.10 Å². The summed E-state index contributed by atoms with van der Waals surface area (Å²) in [6.45, 7) is 0. The third-order valence-corrected chi connectivity index (χ3v) is 6.63. The van der Waals surface area contributed by atoms with Crippen molar-refractivity contribution in [3.05, 3.63) is 102 Å². The van der Waals surface area contributed by atoms with E-state index in [1.807, 2.05) is 36.4 Å². The van der Waals surface area contributed by atoms with Gasteiger partial charge in [-0.25, -0.2) is 4.90 Å². The van der Waals surface area contributed by atoms with E-state index in [0.29, 0.717) is 11.3 Å². The first-order valence-electron chi connectivity index (χ1n) is 10.6. The van der Waals surface area contributed by atoms with Gasteiger partial charge in [0, 0.05) is 5.56 Å². The summed E-state index contributed by atoms with van der Waals surface area (Å²) in [6, 6.07) is 24.2. The second-order valence-electron chi connectivity index (χ2n) is 8.27. The van der Waals surface area contributed by atoms with Crippen molar-refractivity contribution in [2.24, 2.45) is 16.9 Å². The van der Waals surface area contributed by atoms with Crippen LogP contribution in [0.5, 0.6) is 0 Å². The Morgan fingerprint density at radius 3 is 2.12 bits per heavy atom. The monoisotopic (exact) mass is 421 g/mol. The van der Waals surface area contributed by atoms with Gasteiger partial charge in [-0.3, -0.25) is 19.4 Å². The number of carbonyl (C=O) groups excluding carboxylic acids is 3. The molecule has 4 atom stereocenters. The van der Waals surface area contributed by atoms with E-state index in [1.54, 1.807) is 59.8 Å². The lowest BCUT2D eigenvalue weighted by atomic mass is 9.83. The predicted octanol–water partition coefficient (Wildman–Crippen LogP) is 3.45. The Morgan fingerprint density at radius 2 is 1.38 bits per heavy atom. The largest absolute Gasteiger partial charge is 0.292 e. The highest BCUT2D eigenvalue weighted by Gasteiger charge is 2.65. The number of hydrogen-bond acceptors (Lipinski definition) is 5. The number of carbonyl (C=O) groups is 3. The molecule has 2 fully saturated rings. The molecule has 0 aromatic heterocycles. The Balaban J connectivity index is 1.51. The summed E-state index contributed by atoms with van der Waals surface area (Å²) in [4.78, 5) is 42.3. The highest BCUT2D eigenvalue weighted by molar-refractivity contribution is 6.24. The van der Waals surface area contributed by atoms with Gasteiger partial charge in [0.15, 0.2) is 5.78 Å². The number of amides is 2. The van der Waals surface area contributed by atoms with Gasteiger partial charge in [-0.1, -0.05) is 72.8 Å². The normalized spacial score (nSPS) is 25.5. The topological polar surface area (TPSA) is 70.0 Å². The van der Waals surface area contributed by atoms with E-state index >= 15 is 0 Å². The summed E-state index contributed by atoms with van der Waals surface area (Å²) in [5.74, 6) is -2.31. The maximum Gasteiger partial charge on any atom is 0.240 e. The first-order valence-corrected chi connectivity index (χ1v) is 10.6. The summed E-state index contributed by atoms with van der Waals surface area (Å²) in [6.07, 6.45) is 1.71. The van der Waals surface area contributed by atoms with Gasteiger partial charge in [-0.15, -0.1) is 0 Å². The lowest BCUT2D eigenvalue weighted by Gasteiger charge is -2.33. The molecule has 32 heavy (non-hydrogen) atoms. The van der Waals surface area contributed by atoms with Gasteiger partial charge in [-0.05, 0) is 23.3 Å². The molecule has 156 valence electrons. The number of benzene rings is 3.